The fraction of sp³-hybridized carbons (Fsp3) is 0.812. The van der Waals surface area contributed by atoms with Crippen molar-refractivity contribution in [3.05, 3.63) is 10.4 Å². The summed E-state index contributed by atoms with van der Waals surface area (Å²) in [5.74, 6) is -0.0342. The number of carbonyl (C=O) groups is 6. The topological polar surface area (TPSA) is 218 Å². The number of urea groups is 1. The summed E-state index contributed by atoms with van der Waals surface area (Å²) in [7, 11) is 0. The molecule has 17 heteroatoms. The molecule has 49 heavy (non-hydrogen) atoms. The number of ketones is 3. The second-order valence-corrected chi connectivity index (χ2v) is 13.7. The number of thioether (sulfide) groups is 1. The van der Waals surface area contributed by atoms with E-state index >= 15 is 0 Å². The Hall–Kier alpha value is -3.24. The number of Topliss-reactive ketones (excluding diaryl/α,β-unsaturated/α-hetero) is 3. The van der Waals surface area contributed by atoms with Gasteiger partial charge in [-0.3, -0.25) is 24.0 Å². The standard InChI is InChI=1S/C32H51N7O9S/c33-38-35-11-15-47-18-19-48-17-13-39(30(44)6-2-1-5-28-31-25(22-49-28)36-32(45)37-31)12-16-46-14-9-29(43)34-10-3-4-24(40)20-23-7-8-26(41)27(42)21-23/h23,25,28,31H,1-22H2,(H,34,43)(H2,36,37,45)/t23?,25-,28-,31-/m0/s1. The van der Waals surface area contributed by atoms with Crippen LogP contribution in [0, 0.1) is 5.92 Å². The molecule has 3 aliphatic rings. The molecule has 2 saturated heterocycles. The zero-order chi connectivity index (χ0) is 35.3. The molecule has 1 unspecified atom stereocenters. The summed E-state index contributed by atoms with van der Waals surface area (Å²) >= 11 is 1.86. The summed E-state index contributed by atoms with van der Waals surface area (Å²) in [4.78, 5) is 76.5. The monoisotopic (exact) mass is 709 g/mol. The van der Waals surface area contributed by atoms with Gasteiger partial charge in [-0.25, -0.2) is 4.79 Å². The zero-order valence-electron chi connectivity index (χ0n) is 28.2. The highest BCUT2D eigenvalue weighted by molar-refractivity contribution is 8.00. The molecule has 3 rings (SSSR count). The Balaban J connectivity index is 1.27. The maximum atomic E-state index is 13.1. The number of azide groups is 1. The number of rotatable bonds is 26. The van der Waals surface area contributed by atoms with Crippen LogP contribution in [0.5, 0.6) is 0 Å². The lowest BCUT2D eigenvalue weighted by Gasteiger charge is -2.23. The van der Waals surface area contributed by atoms with Gasteiger partial charge in [0.25, 0.3) is 0 Å². The first kappa shape index (κ1) is 40.2. The smallest absolute Gasteiger partial charge is 0.315 e. The van der Waals surface area contributed by atoms with Crippen LogP contribution in [0.15, 0.2) is 5.11 Å². The van der Waals surface area contributed by atoms with Crippen LogP contribution in [0.2, 0.25) is 0 Å². The van der Waals surface area contributed by atoms with Gasteiger partial charge in [0.05, 0.1) is 51.7 Å². The molecule has 0 radical (unpaired) electrons. The molecule has 0 bridgehead atoms. The molecule has 4 amide bonds. The molecule has 2 aliphatic heterocycles. The van der Waals surface area contributed by atoms with Crippen molar-refractivity contribution in [2.45, 2.75) is 88.0 Å². The van der Waals surface area contributed by atoms with Gasteiger partial charge in [0.15, 0.2) is 11.6 Å². The quantitative estimate of drug-likeness (QED) is 0.0297. The van der Waals surface area contributed by atoms with Crippen LogP contribution in [0.25, 0.3) is 10.4 Å². The van der Waals surface area contributed by atoms with Crippen LogP contribution in [-0.4, -0.2) is 129 Å². The first-order valence-electron chi connectivity index (χ1n) is 17.3. The average Bonchev–Trinajstić information content (AvgIpc) is 3.63. The number of amides is 4. The van der Waals surface area contributed by atoms with Crippen LogP contribution in [0.1, 0.15) is 70.6 Å². The molecule has 0 spiro atoms. The molecule has 1 saturated carbocycles. The fourth-order valence-corrected chi connectivity index (χ4v) is 7.57. The molecule has 0 aromatic carbocycles. The predicted octanol–water partition coefficient (Wildman–Crippen LogP) is 2.08. The van der Waals surface area contributed by atoms with E-state index in [1.165, 1.54) is 0 Å². The summed E-state index contributed by atoms with van der Waals surface area (Å²) in [5.41, 5.74) is 8.30. The van der Waals surface area contributed by atoms with Gasteiger partial charge >= 0.3 is 6.03 Å². The summed E-state index contributed by atoms with van der Waals surface area (Å²) in [6, 6.07) is 0.221. The Bertz CT molecular complexity index is 1170. The maximum absolute atomic E-state index is 13.1. The minimum absolute atomic E-state index is 0.00136. The number of hydrogen-bond donors (Lipinski definition) is 3. The summed E-state index contributed by atoms with van der Waals surface area (Å²) in [5, 5.41) is 12.5. The minimum Gasteiger partial charge on any atom is -0.379 e. The highest BCUT2D eigenvalue weighted by Gasteiger charge is 2.42. The van der Waals surface area contributed by atoms with Gasteiger partial charge in [0, 0.05) is 80.6 Å². The fourth-order valence-electron chi connectivity index (χ4n) is 6.03. The van der Waals surface area contributed by atoms with Gasteiger partial charge in [0.2, 0.25) is 11.8 Å². The third-order valence-electron chi connectivity index (χ3n) is 8.71. The van der Waals surface area contributed by atoms with E-state index in [1.54, 1.807) is 4.90 Å². The first-order valence-corrected chi connectivity index (χ1v) is 18.4. The van der Waals surface area contributed by atoms with E-state index in [0.717, 1.165) is 25.0 Å². The Morgan fingerprint density at radius 3 is 2.43 bits per heavy atom. The van der Waals surface area contributed by atoms with Crippen molar-refractivity contribution in [2.24, 2.45) is 11.0 Å². The second-order valence-electron chi connectivity index (χ2n) is 12.4. The Morgan fingerprint density at radius 2 is 1.67 bits per heavy atom. The highest BCUT2D eigenvalue weighted by Crippen LogP contribution is 2.33. The Morgan fingerprint density at radius 1 is 0.918 bits per heavy atom. The van der Waals surface area contributed by atoms with Crippen molar-refractivity contribution in [1.82, 2.24) is 20.9 Å². The van der Waals surface area contributed by atoms with Crippen molar-refractivity contribution in [3.63, 3.8) is 0 Å². The molecule has 274 valence electrons. The summed E-state index contributed by atoms with van der Waals surface area (Å²) < 4.78 is 16.6. The normalized spacial score (nSPS) is 21.4. The SMILES string of the molecule is [N-]=[N+]=NCCOCCOCCN(CCOCCC(=O)NCCCC(=O)CC1CCC(=O)C(=O)C1)C(=O)CCCC[C@@H]1SC[C@@H]2NC(=O)N[C@@H]21. The van der Waals surface area contributed by atoms with E-state index in [2.05, 4.69) is 26.0 Å². The van der Waals surface area contributed by atoms with Gasteiger partial charge in [-0.05, 0) is 37.1 Å². The third-order valence-corrected chi connectivity index (χ3v) is 10.2. The molecule has 0 aromatic rings. The minimum atomic E-state index is -0.381. The van der Waals surface area contributed by atoms with Gasteiger partial charge in [-0.1, -0.05) is 11.5 Å². The van der Waals surface area contributed by atoms with E-state index in [4.69, 9.17) is 19.7 Å². The lowest BCUT2D eigenvalue weighted by molar-refractivity contribution is -0.139. The van der Waals surface area contributed by atoms with Crippen molar-refractivity contribution in [2.75, 3.05) is 71.6 Å². The van der Waals surface area contributed by atoms with E-state index < -0.39 is 0 Å². The number of hydrogen-bond acceptors (Lipinski definition) is 11. The Kier molecular flexibility index (Phi) is 19.0. The van der Waals surface area contributed by atoms with Crippen LogP contribution in [0.3, 0.4) is 0 Å². The average molecular weight is 710 g/mol. The molecule has 3 fully saturated rings. The number of fused-ring (bicyclic) bond motifs is 1. The van der Waals surface area contributed by atoms with E-state index in [9.17, 15) is 28.8 Å². The van der Waals surface area contributed by atoms with E-state index in [1.807, 2.05) is 11.8 Å². The number of nitrogens with one attached hydrogen (secondary N) is 3. The molecular formula is C32H51N7O9S. The Labute approximate surface area is 291 Å². The van der Waals surface area contributed by atoms with E-state index in [-0.39, 0.29) is 92.2 Å². The van der Waals surface area contributed by atoms with Crippen molar-refractivity contribution in [3.8, 4) is 0 Å². The largest absolute Gasteiger partial charge is 0.379 e. The van der Waals surface area contributed by atoms with Gasteiger partial charge in [0.1, 0.15) is 5.78 Å². The molecule has 16 nitrogen and oxygen atoms in total. The number of nitrogens with zero attached hydrogens (tertiary/aromatic N) is 4. The van der Waals surface area contributed by atoms with Crippen LogP contribution >= 0.6 is 11.8 Å². The third kappa shape index (κ3) is 15.9. The zero-order valence-corrected chi connectivity index (χ0v) is 29.1. The van der Waals surface area contributed by atoms with Crippen LogP contribution < -0.4 is 16.0 Å². The molecule has 3 N–H and O–H groups in total. The van der Waals surface area contributed by atoms with Crippen molar-refractivity contribution >= 4 is 47.0 Å². The van der Waals surface area contributed by atoms with Crippen molar-refractivity contribution < 1.29 is 43.0 Å². The first-order chi connectivity index (χ1) is 23.8. The molecule has 1 aliphatic carbocycles. The molecule has 4 atom stereocenters. The lowest BCUT2D eigenvalue weighted by Crippen LogP contribution is -2.37. The lowest BCUT2D eigenvalue weighted by atomic mass is 9.84. The van der Waals surface area contributed by atoms with Crippen LogP contribution in [-0.2, 0) is 38.2 Å². The van der Waals surface area contributed by atoms with E-state index in [0.29, 0.717) is 83.4 Å². The molecular weight excluding hydrogens is 658 g/mol. The van der Waals surface area contributed by atoms with Crippen LogP contribution in [0.4, 0.5) is 4.79 Å². The van der Waals surface area contributed by atoms with Gasteiger partial charge < -0.3 is 35.1 Å². The highest BCUT2D eigenvalue weighted by atomic mass is 32.2. The second kappa shape index (κ2) is 23.2. The molecule has 2 heterocycles. The maximum Gasteiger partial charge on any atom is 0.315 e. The summed E-state index contributed by atoms with van der Waals surface area (Å²) in [6.07, 6.45) is 5.14. The van der Waals surface area contributed by atoms with Gasteiger partial charge in [-0.2, -0.15) is 11.8 Å². The number of ether oxygens (including phenoxy) is 3. The number of carbonyl (C=O) groups excluding carboxylic acids is 6. The molecule has 0 aromatic heterocycles. The summed E-state index contributed by atoms with van der Waals surface area (Å²) in [6.45, 7) is 3.13. The van der Waals surface area contributed by atoms with Gasteiger partial charge in [-0.15, -0.1) is 0 Å². The predicted molar refractivity (Wildman–Crippen MR) is 181 cm³/mol. The number of unbranched alkanes of at least 4 members (excludes halogenated alkanes) is 1. The van der Waals surface area contributed by atoms with Crippen molar-refractivity contribution in [1.29, 1.82) is 0 Å².